The number of anilines is 1. The molecule has 43 heavy (non-hydrogen) atoms. The minimum Gasteiger partial charge on any atom is -0.378 e. The topological polar surface area (TPSA) is 12.0 Å². The molecule has 3 atom stereocenters. The van der Waals surface area contributed by atoms with Gasteiger partial charge in [-0.25, -0.2) is 0 Å². The van der Waals surface area contributed by atoms with Crippen LogP contribution in [-0.2, 0) is 0 Å². The molecule has 0 aromatic heterocycles. The maximum absolute atomic E-state index is 3.99. The second-order valence-corrected chi connectivity index (χ2v) is 12.2. The standard InChI is InChI=1S/C42H31N/c1-26-40-37-17-9-10-18-39(37)43-42(26)41-32-14-6-5-13-28(32)19-22-36(41)35-21-20-29(25-38(35)40)31-24-23-30(27-11-3-2-4-12-27)33-15-7-8-16-34(31)33/h2-26,40,42-43H,1H3. The Morgan fingerprint density at radius 2 is 1.09 bits per heavy atom. The van der Waals surface area contributed by atoms with Gasteiger partial charge in [0.15, 0.2) is 0 Å². The normalized spacial score (nSPS) is 18.3. The van der Waals surface area contributed by atoms with E-state index in [4.69, 9.17) is 0 Å². The van der Waals surface area contributed by atoms with Gasteiger partial charge in [-0.1, -0.05) is 140 Å². The van der Waals surface area contributed by atoms with Gasteiger partial charge in [0.2, 0.25) is 0 Å². The lowest BCUT2D eigenvalue weighted by Gasteiger charge is -2.39. The van der Waals surface area contributed by atoms with E-state index in [-0.39, 0.29) is 6.04 Å². The molecule has 2 aliphatic rings. The monoisotopic (exact) mass is 549 g/mol. The van der Waals surface area contributed by atoms with Crippen molar-refractivity contribution < 1.29 is 0 Å². The number of para-hydroxylation sites is 1. The van der Waals surface area contributed by atoms with E-state index in [0.717, 1.165) is 0 Å². The lowest BCUT2D eigenvalue weighted by atomic mass is 9.73. The van der Waals surface area contributed by atoms with Crippen LogP contribution in [0.3, 0.4) is 0 Å². The number of benzene rings is 7. The number of rotatable bonds is 2. The largest absolute Gasteiger partial charge is 0.378 e. The van der Waals surface area contributed by atoms with Gasteiger partial charge < -0.3 is 5.32 Å². The third kappa shape index (κ3) is 3.64. The summed E-state index contributed by atoms with van der Waals surface area (Å²) in [5.41, 5.74) is 13.3. The van der Waals surface area contributed by atoms with Gasteiger partial charge in [0.05, 0.1) is 6.04 Å². The second-order valence-electron chi connectivity index (χ2n) is 12.2. The van der Waals surface area contributed by atoms with Gasteiger partial charge in [0.25, 0.3) is 0 Å². The van der Waals surface area contributed by atoms with Crippen molar-refractivity contribution in [3.8, 4) is 33.4 Å². The smallest absolute Gasteiger partial charge is 0.0560 e. The summed E-state index contributed by atoms with van der Waals surface area (Å²) in [5, 5.41) is 9.23. The molecule has 0 spiro atoms. The van der Waals surface area contributed by atoms with E-state index in [1.165, 1.54) is 77.3 Å². The summed E-state index contributed by atoms with van der Waals surface area (Å²) in [5.74, 6) is 0.673. The molecule has 0 fully saturated rings. The van der Waals surface area contributed by atoms with Crippen LogP contribution in [0, 0.1) is 5.92 Å². The maximum atomic E-state index is 3.99. The van der Waals surface area contributed by atoms with Crippen molar-refractivity contribution in [1.29, 1.82) is 0 Å². The summed E-state index contributed by atoms with van der Waals surface area (Å²) in [4.78, 5) is 0. The minimum atomic E-state index is 0.225. The third-order valence-corrected chi connectivity index (χ3v) is 9.94. The van der Waals surface area contributed by atoms with Crippen LogP contribution < -0.4 is 5.32 Å². The maximum Gasteiger partial charge on any atom is 0.0560 e. The number of fused-ring (bicyclic) bond motifs is 12. The quantitative estimate of drug-likeness (QED) is 0.226. The Morgan fingerprint density at radius 3 is 1.91 bits per heavy atom. The number of hydrogen-bond acceptors (Lipinski definition) is 1. The molecule has 1 heteroatoms. The van der Waals surface area contributed by atoms with Crippen molar-refractivity contribution in [1.82, 2.24) is 0 Å². The molecule has 3 unspecified atom stereocenters. The summed E-state index contributed by atoms with van der Waals surface area (Å²) in [6.45, 7) is 2.44. The molecule has 1 aliphatic carbocycles. The molecule has 1 N–H and O–H groups in total. The van der Waals surface area contributed by atoms with Crippen LogP contribution in [0.25, 0.3) is 54.9 Å². The Hall–Kier alpha value is -5.14. The van der Waals surface area contributed by atoms with Crippen LogP contribution in [0.15, 0.2) is 146 Å². The fourth-order valence-corrected chi connectivity index (χ4v) is 7.98. The van der Waals surface area contributed by atoms with Gasteiger partial charge in [-0.15, -0.1) is 0 Å². The lowest BCUT2D eigenvalue weighted by Crippen LogP contribution is -2.29. The van der Waals surface area contributed by atoms with Crippen molar-refractivity contribution in [3.63, 3.8) is 0 Å². The van der Waals surface area contributed by atoms with Crippen LogP contribution in [0.5, 0.6) is 0 Å². The summed E-state index contributed by atoms with van der Waals surface area (Å²) in [6, 6.07) is 54.2. The van der Waals surface area contributed by atoms with Gasteiger partial charge in [-0.3, -0.25) is 0 Å². The number of hydrogen-bond donors (Lipinski definition) is 1. The van der Waals surface area contributed by atoms with E-state index >= 15 is 0 Å². The summed E-state index contributed by atoms with van der Waals surface area (Å²) in [7, 11) is 0. The van der Waals surface area contributed by atoms with Gasteiger partial charge in [-0.05, 0) is 89.7 Å². The summed E-state index contributed by atoms with van der Waals surface area (Å²) < 4.78 is 0. The third-order valence-electron chi connectivity index (χ3n) is 9.94. The molecule has 204 valence electrons. The molecule has 0 saturated heterocycles. The zero-order chi connectivity index (χ0) is 28.5. The Kier molecular flexibility index (Phi) is 5.37. The van der Waals surface area contributed by atoms with Crippen molar-refractivity contribution in [2.24, 2.45) is 5.92 Å². The first kappa shape index (κ1) is 24.5. The average molecular weight is 550 g/mol. The predicted molar refractivity (Wildman–Crippen MR) is 182 cm³/mol. The minimum absolute atomic E-state index is 0.225. The zero-order valence-electron chi connectivity index (χ0n) is 24.1. The highest BCUT2D eigenvalue weighted by molar-refractivity contribution is 6.05. The molecule has 1 aliphatic heterocycles. The molecule has 1 nitrogen and oxygen atoms in total. The molecule has 2 bridgehead atoms. The van der Waals surface area contributed by atoms with Crippen molar-refractivity contribution >= 4 is 27.2 Å². The van der Waals surface area contributed by atoms with Crippen LogP contribution in [0.2, 0.25) is 0 Å². The first-order chi connectivity index (χ1) is 21.3. The fraction of sp³-hybridized carbons (Fsp3) is 0.0952. The molecular formula is C42H31N. The molecule has 0 radical (unpaired) electrons. The van der Waals surface area contributed by atoms with Gasteiger partial charge >= 0.3 is 0 Å². The van der Waals surface area contributed by atoms with Crippen molar-refractivity contribution in [3.05, 3.63) is 162 Å². The molecular weight excluding hydrogens is 518 g/mol. The van der Waals surface area contributed by atoms with Gasteiger partial charge in [0.1, 0.15) is 0 Å². The SMILES string of the molecule is CC1C2Nc3ccccc3C1c1cc(-c3ccc(-c4ccccc4)c4ccccc34)ccc1-c1ccc3ccccc3c12. The molecule has 7 aromatic carbocycles. The number of nitrogens with one attached hydrogen (secondary N) is 1. The molecule has 7 aromatic rings. The Morgan fingerprint density at radius 1 is 0.465 bits per heavy atom. The van der Waals surface area contributed by atoms with Gasteiger partial charge in [-0.2, -0.15) is 0 Å². The highest BCUT2D eigenvalue weighted by Crippen LogP contribution is 2.56. The lowest BCUT2D eigenvalue weighted by molar-refractivity contribution is 0.436. The van der Waals surface area contributed by atoms with E-state index in [1.807, 2.05) is 0 Å². The van der Waals surface area contributed by atoms with Crippen LogP contribution in [-0.4, -0.2) is 0 Å². The highest BCUT2D eigenvalue weighted by Gasteiger charge is 2.41. The Labute approximate surface area is 252 Å². The first-order valence-corrected chi connectivity index (χ1v) is 15.4. The zero-order valence-corrected chi connectivity index (χ0v) is 24.1. The van der Waals surface area contributed by atoms with Crippen molar-refractivity contribution in [2.45, 2.75) is 18.9 Å². The Balaban J connectivity index is 1.32. The van der Waals surface area contributed by atoms with Crippen LogP contribution in [0.4, 0.5) is 5.69 Å². The van der Waals surface area contributed by atoms with Gasteiger partial charge in [0, 0.05) is 11.6 Å². The van der Waals surface area contributed by atoms with Crippen LogP contribution in [0.1, 0.15) is 35.6 Å². The van der Waals surface area contributed by atoms with Crippen molar-refractivity contribution in [2.75, 3.05) is 5.32 Å². The predicted octanol–water partition coefficient (Wildman–Crippen LogP) is 11.2. The molecule has 0 amide bonds. The van der Waals surface area contributed by atoms with E-state index in [9.17, 15) is 0 Å². The molecule has 1 heterocycles. The summed E-state index contributed by atoms with van der Waals surface area (Å²) in [6.07, 6.45) is 0. The highest BCUT2D eigenvalue weighted by atomic mass is 15.0. The molecule has 9 rings (SSSR count). The first-order valence-electron chi connectivity index (χ1n) is 15.4. The van der Waals surface area contributed by atoms with Crippen LogP contribution >= 0.6 is 0 Å². The fourth-order valence-electron chi connectivity index (χ4n) is 7.98. The second kappa shape index (κ2) is 9.44. The van der Waals surface area contributed by atoms with E-state index in [2.05, 4.69) is 158 Å². The summed E-state index contributed by atoms with van der Waals surface area (Å²) >= 11 is 0. The average Bonchev–Trinajstić information content (AvgIpc) is 3.13. The van der Waals surface area contributed by atoms with E-state index in [1.54, 1.807) is 0 Å². The Bertz CT molecular complexity index is 2190. The molecule has 0 saturated carbocycles. The van der Waals surface area contributed by atoms with E-state index < -0.39 is 0 Å². The van der Waals surface area contributed by atoms with E-state index in [0.29, 0.717) is 11.8 Å².